The van der Waals surface area contributed by atoms with E-state index in [1.165, 1.54) is 0 Å². The molecule has 3 heterocycles. The van der Waals surface area contributed by atoms with Crippen molar-refractivity contribution in [1.82, 2.24) is 24.5 Å². The number of carbonyl (C=O) groups is 1. The summed E-state index contributed by atoms with van der Waals surface area (Å²) in [5, 5.41) is 9.19. The fourth-order valence-corrected chi connectivity index (χ4v) is 3.58. The van der Waals surface area contributed by atoms with Crippen LogP contribution in [0, 0.1) is 12.8 Å². The van der Waals surface area contributed by atoms with Crippen molar-refractivity contribution in [1.29, 1.82) is 0 Å². The van der Waals surface area contributed by atoms with Gasteiger partial charge in [-0.2, -0.15) is 10.2 Å². The van der Waals surface area contributed by atoms with Crippen LogP contribution in [0.15, 0.2) is 12.4 Å². The molecule has 0 aliphatic carbocycles. The van der Waals surface area contributed by atoms with Crippen LogP contribution in [0.2, 0.25) is 5.15 Å². The molecule has 0 aromatic carbocycles. The van der Waals surface area contributed by atoms with Crippen LogP contribution < -0.4 is 5.73 Å². The summed E-state index contributed by atoms with van der Waals surface area (Å²) in [6.45, 7) is 3.99. The maximum absolute atomic E-state index is 11.9. The van der Waals surface area contributed by atoms with Crippen LogP contribution in [0.1, 0.15) is 22.7 Å². The lowest BCUT2D eigenvalue weighted by Gasteiger charge is -2.15. The zero-order chi connectivity index (χ0) is 16.7. The van der Waals surface area contributed by atoms with Crippen LogP contribution in [-0.4, -0.2) is 43.5 Å². The number of carbonyl (C=O) groups excluding carboxylic acids is 1. The van der Waals surface area contributed by atoms with Crippen LogP contribution in [0.5, 0.6) is 0 Å². The Kier molecular flexibility index (Phi) is 4.16. The minimum atomic E-state index is -0.268. The average Bonchev–Trinajstić information content (AvgIpc) is 3.14. The van der Waals surface area contributed by atoms with Crippen molar-refractivity contribution >= 4 is 17.5 Å². The number of nitrogens with two attached hydrogens (primary N) is 1. The van der Waals surface area contributed by atoms with Gasteiger partial charge in [0.2, 0.25) is 5.91 Å². The minimum absolute atomic E-state index is 0.0666. The van der Waals surface area contributed by atoms with Gasteiger partial charge in [0.15, 0.2) is 0 Å². The van der Waals surface area contributed by atoms with E-state index in [1.807, 2.05) is 33.4 Å². The molecule has 3 rings (SSSR count). The fraction of sp³-hybridized carbons (Fsp3) is 0.533. The summed E-state index contributed by atoms with van der Waals surface area (Å²) >= 11 is 6.32. The molecule has 1 fully saturated rings. The monoisotopic (exact) mass is 336 g/mol. The highest BCUT2D eigenvalue weighted by atomic mass is 35.5. The van der Waals surface area contributed by atoms with Gasteiger partial charge in [-0.25, -0.2) is 0 Å². The molecule has 0 saturated carbocycles. The number of hydrogen-bond acceptors (Lipinski definition) is 4. The summed E-state index contributed by atoms with van der Waals surface area (Å²) in [4.78, 5) is 14.1. The molecule has 1 saturated heterocycles. The summed E-state index contributed by atoms with van der Waals surface area (Å²) in [6, 6.07) is 0. The van der Waals surface area contributed by atoms with E-state index in [9.17, 15) is 4.79 Å². The molecule has 1 aliphatic rings. The topological polar surface area (TPSA) is 82.0 Å². The van der Waals surface area contributed by atoms with Gasteiger partial charge in [0.1, 0.15) is 5.15 Å². The van der Waals surface area contributed by atoms with Crippen molar-refractivity contribution in [3.05, 3.63) is 34.4 Å². The van der Waals surface area contributed by atoms with Crippen molar-refractivity contribution < 1.29 is 4.79 Å². The number of nitrogens with zero attached hydrogens (tertiary/aromatic N) is 5. The number of halogens is 1. The molecule has 2 aromatic heterocycles. The molecule has 8 heteroatoms. The van der Waals surface area contributed by atoms with E-state index in [1.54, 1.807) is 9.36 Å². The van der Waals surface area contributed by atoms with Crippen molar-refractivity contribution in [2.45, 2.75) is 19.4 Å². The Balaban J connectivity index is 1.81. The predicted octanol–water partition coefficient (Wildman–Crippen LogP) is 0.816. The molecule has 0 unspecified atom stereocenters. The van der Waals surface area contributed by atoms with Crippen LogP contribution in [-0.2, 0) is 25.4 Å². The zero-order valence-electron chi connectivity index (χ0n) is 13.5. The first-order chi connectivity index (χ1) is 10.9. The third-order valence-corrected chi connectivity index (χ3v) is 5.04. The number of likely N-dealkylation sites (tertiary alicyclic amines) is 1. The first-order valence-corrected chi connectivity index (χ1v) is 7.92. The first-order valence-electron chi connectivity index (χ1n) is 7.55. The van der Waals surface area contributed by atoms with Gasteiger partial charge in [0.05, 0.1) is 17.8 Å². The Morgan fingerprint density at radius 2 is 2.17 bits per heavy atom. The summed E-state index contributed by atoms with van der Waals surface area (Å²) < 4.78 is 3.42. The van der Waals surface area contributed by atoms with E-state index in [2.05, 4.69) is 15.1 Å². The van der Waals surface area contributed by atoms with E-state index < -0.39 is 0 Å². The first kappa shape index (κ1) is 16.0. The van der Waals surface area contributed by atoms with E-state index in [-0.39, 0.29) is 17.7 Å². The largest absolute Gasteiger partial charge is 0.369 e. The van der Waals surface area contributed by atoms with Crippen molar-refractivity contribution in [2.24, 2.45) is 25.7 Å². The second-order valence-corrected chi connectivity index (χ2v) is 6.59. The molecule has 1 aliphatic heterocycles. The van der Waals surface area contributed by atoms with Crippen LogP contribution in [0.25, 0.3) is 0 Å². The third kappa shape index (κ3) is 2.98. The Labute approximate surface area is 140 Å². The fourth-order valence-electron chi connectivity index (χ4n) is 3.35. The maximum atomic E-state index is 11.9. The van der Waals surface area contributed by atoms with Crippen molar-refractivity contribution in [3.63, 3.8) is 0 Å². The molecule has 0 bridgehead atoms. The van der Waals surface area contributed by atoms with E-state index in [0.29, 0.717) is 18.2 Å². The minimum Gasteiger partial charge on any atom is -0.369 e. The quantitative estimate of drug-likeness (QED) is 0.896. The van der Waals surface area contributed by atoms with E-state index >= 15 is 0 Å². The Hall–Kier alpha value is -1.86. The second kappa shape index (κ2) is 5.98. The molecular formula is C15H21ClN6O. The van der Waals surface area contributed by atoms with Crippen LogP contribution >= 0.6 is 11.6 Å². The van der Waals surface area contributed by atoms with Crippen molar-refractivity contribution in [3.8, 4) is 0 Å². The Morgan fingerprint density at radius 1 is 1.43 bits per heavy atom. The Morgan fingerprint density at radius 3 is 2.70 bits per heavy atom. The van der Waals surface area contributed by atoms with Gasteiger partial charge in [0.25, 0.3) is 0 Å². The van der Waals surface area contributed by atoms with E-state index in [4.69, 9.17) is 17.3 Å². The van der Waals surface area contributed by atoms with Gasteiger partial charge in [-0.1, -0.05) is 11.6 Å². The zero-order valence-corrected chi connectivity index (χ0v) is 14.3. The van der Waals surface area contributed by atoms with Gasteiger partial charge >= 0.3 is 0 Å². The average molecular weight is 337 g/mol. The molecule has 0 radical (unpaired) electrons. The van der Waals surface area contributed by atoms with Gasteiger partial charge in [0, 0.05) is 51.4 Å². The predicted molar refractivity (Wildman–Crippen MR) is 86.9 cm³/mol. The van der Waals surface area contributed by atoms with Gasteiger partial charge < -0.3 is 5.73 Å². The molecule has 1 amide bonds. The molecule has 7 nitrogen and oxygen atoms in total. The number of amides is 1. The number of hydrogen-bond donors (Lipinski definition) is 1. The summed E-state index contributed by atoms with van der Waals surface area (Å²) in [5.41, 5.74) is 8.58. The number of aryl methyl sites for hydroxylation is 3. The van der Waals surface area contributed by atoms with E-state index in [0.717, 1.165) is 23.4 Å². The third-order valence-electron chi connectivity index (χ3n) is 4.57. The molecular weight excluding hydrogens is 316 g/mol. The number of aromatic nitrogens is 4. The standard InChI is InChI=1S/C15H21ClN6O/c1-9-11(14(16)21(3)19-9)6-22-7-12(13(8-22)15(17)23)10-4-18-20(2)5-10/h4-5,12-13H,6-8H2,1-3H3,(H2,17,23)/t12-,13+/m1/s1. The summed E-state index contributed by atoms with van der Waals surface area (Å²) in [7, 11) is 3.70. The Bertz CT molecular complexity index is 736. The van der Waals surface area contributed by atoms with Crippen LogP contribution in [0.3, 0.4) is 0 Å². The highest BCUT2D eigenvalue weighted by Crippen LogP contribution is 2.34. The molecule has 2 aromatic rings. The van der Waals surface area contributed by atoms with Crippen LogP contribution in [0.4, 0.5) is 0 Å². The lowest BCUT2D eigenvalue weighted by Crippen LogP contribution is -2.29. The van der Waals surface area contributed by atoms with Gasteiger partial charge in [-0.15, -0.1) is 0 Å². The van der Waals surface area contributed by atoms with Gasteiger partial charge in [-0.05, 0) is 12.5 Å². The lowest BCUT2D eigenvalue weighted by atomic mass is 9.90. The highest BCUT2D eigenvalue weighted by molar-refractivity contribution is 6.30. The molecule has 124 valence electrons. The SMILES string of the molecule is Cc1nn(C)c(Cl)c1CN1C[C@H](C(N)=O)[C@@H](c2cnn(C)c2)C1. The molecule has 23 heavy (non-hydrogen) atoms. The summed E-state index contributed by atoms with van der Waals surface area (Å²) in [6.07, 6.45) is 3.76. The van der Waals surface area contributed by atoms with Gasteiger partial charge in [-0.3, -0.25) is 19.1 Å². The molecule has 2 N–H and O–H groups in total. The normalized spacial score (nSPS) is 21.9. The number of primary amides is 1. The summed E-state index contributed by atoms with van der Waals surface area (Å²) in [5.74, 6) is -0.415. The highest BCUT2D eigenvalue weighted by Gasteiger charge is 2.38. The van der Waals surface area contributed by atoms with Crippen molar-refractivity contribution in [2.75, 3.05) is 13.1 Å². The molecule has 2 atom stereocenters. The second-order valence-electron chi connectivity index (χ2n) is 6.24. The lowest BCUT2D eigenvalue weighted by molar-refractivity contribution is -0.121. The number of rotatable bonds is 4. The molecule has 0 spiro atoms. The smallest absolute Gasteiger partial charge is 0.222 e. The maximum Gasteiger partial charge on any atom is 0.222 e.